The summed E-state index contributed by atoms with van der Waals surface area (Å²) < 4.78 is 5.08. The van der Waals surface area contributed by atoms with Crippen LogP contribution in [0.3, 0.4) is 0 Å². The fourth-order valence-electron chi connectivity index (χ4n) is 3.46. The fourth-order valence-corrected chi connectivity index (χ4v) is 3.87. The minimum Gasteiger partial charge on any atom is -0.462 e. The average Bonchev–Trinajstić information content (AvgIpc) is 3.13. The molecule has 0 fully saturated rings. The Kier molecular flexibility index (Phi) is 6.09. The first-order chi connectivity index (χ1) is 15.1. The van der Waals surface area contributed by atoms with Gasteiger partial charge in [-0.2, -0.15) is 0 Å². The molecule has 6 heteroatoms. The fraction of sp³-hybridized carbons (Fsp3) is 0.120. The second kappa shape index (κ2) is 9.10. The molecule has 0 radical (unpaired) electrons. The number of ether oxygens (including phenoxy) is 1. The zero-order valence-corrected chi connectivity index (χ0v) is 18.1. The molecule has 2 N–H and O–H groups in total. The van der Waals surface area contributed by atoms with Crippen molar-refractivity contribution in [3.63, 3.8) is 0 Å². The summed E-state index contributed by atoms with van der Waals surface area (Å²) in [6.45, 7) is 2.06. The van der Waals surface area contributed by atoms with Gasteiger partial charge in [0.25, 0.3) is 5.91 Å². The van der Waals surface area contributed by atoms with E-state index in [-0.39, 0.29) is 5.91 Å². The highest BCUT2D eigenvalue weighted by atomic mass is 32.2. The van der Waals surface area contributed by atoms with Crippen molar-refractivity contribution in [1.82, 2.24) is 0 Å². The minimum atomic E-state index is -0.410. The van der Waals surface area contributed by atoms with E-state index in [1.807, 2.05) is 60.9 Å². The van der Waals surface area contributed by atoms with Gasteiger partial charge < -0.3 is 15.4 Å². The Bertz CT molecular complexity index is 1160. The largest absolute Gasteiger partial charge is 0.462 e. The highest BCUT2D eigenvalue weighted by Crippen LogP contribution is 2.38. The molecule has 1 aliphatic rings. The number of amides is 1. The van der Waals surface area contributed by atoms with Gasteiger partial charge in [0.2, 0.25) is 0 Å². The van der Waals surface area contributed by atoms with Crippen LogP contribution in [0.25, 0.3) is 11.3 Å². The number of thioether (sulfide) groups is 1. The van der Waals surface area contributed by atoms with E-state index in [9.17, 15) is 9.59 Å². The third kappa shape index (κ3) is 4.34. The topological polar surface area (TPSA) is 67.4 Å². The van der Waals surface area contributed by atoms with Crippen molar-refractivity contribution < 1.29 is 14.3 Å². The summed E-state index contributed by atoms with van der Waals surface area (Å²) in [7, 11) is 0. The van der Waals surface area contributed by atoms with Crippen LogP contribution < -0.4 is 10.6 Å². The molecule has 3 aromatic carbocycles. The lowest BCUT2D eigenvalue weighted by Crippen LogP contribution is -2.10. The van der Waals surface area contributed by atoms with Crippen molar-refractivity contribution in [1.29, 1.82) is 0 Å². The number of carbonyl (C=O) groups is 2. The van der Waals surface area contributed by atoms with Crippen LogP contribution in [0.2, 0.25) is 0 Å². The predicted octanol–water partition coefficient (Wildman–Crippen LogP) is 5.52. The number of benzene rings is 3. The summed E-state index contributed by atoms with van der Waals surface area (Å²) in [6, 6.07) is 22.9. The van der Waals surface area contributed by atoms with E-state index in [2.05, 4.69) is 10.6 Å². The molecule has 1 aliphatic heterocycles. The van der Waals surface area contributed by atoms with E-state index in [0.717, 1.165) is 21.7 Å². The highest BCUT2D eigenvalue weighted by Gasteiger charge is 2.29. The van der Waals surface area contributed by atoms with E-state index in [4.69, 9.17) is 4.74 Å². The molecule has 156 valence electrons. The molecule has 31 heavy (non-hydrogen) atoms. The maximum atomic E-state index is 13.0. The SMILES string of the molecule is CCOC(=O)c1ccc2c(c1)NC(=O)/C2=C(\Nc1ccc(SC)cc1)c1ccccc1. The summed E-state index contributed by atoms with van der Waals surface area (Å²) in [5, 5.41) is 6.33. The van der Waals surface area contributed by atoms with Gasteiger partial charge in [-0.15, -0.1) is 11.8 Å². The number of rotatable bonds is 6. The lowest BCUT2D eigenvalue weighted by Gasteiger charge is -2.15. The Hall–Kier alpha value is -3.51. The van der Waals surface area contributed by atoms with Crippen LogP contribution in [0.5, 0.6) is 0 Å². The Morgan fingerprint density at radius 3 is 2.42 bits per heavy atom. The van der Waals surface area contributed by atoms with Crippen molar-refractivity contribution in [3.8, 4) is 0 Å². The van der Waals surface area contributed by atoms with Crippen molar-refractivity contribution in [2.45, 2.75) is 11.8 Å². The summed E-state index contributed by atoms with van der Waals surface area (Å²) in [5.74, 6) is -0.629. The maximum absolute atomic E-state index is 13.0. The Balaban J connectivity index is 1.81. The molecule has 4 rings (SSSR count). The summed E-state index contributed by atoms with van der Waals surface area (Å²) in [6.07, 6.45) is 2.03. The van der Waals surface area contributed by atoms with E-state index in [0.29, 0.717) is 29.1 Å². The van der Waals surface area contributed by atoms with Gasteiger partial charge in [-0.05, 0) is 55.1 Å². The van der Waals surface area contributed by atoms with Gasteiger partial charge in [0.05, 0.1) is 29.1 Å². The molecule has 5 nitrogen and oxygen atoms in total. The molecule has 0 saturated heterocycles. The van der Waals surface area contributed by atoms with Gasteiger partial charge in [-0.25, -0.2) is 4.79 Å². The van der Waals surface area contributed by atoms with E-state index < -0.39 is 5.97 Å². The van der Waals surface area contributed by atoms with Crippen molar-refractivity contribution in [3.05, 3.63) is 89.5 Å². The zero-order chi connectivity index (χ0) is 21.8. The second-order valence-corrected chi connectivity index (χ2v) is 7.78. The van der Waals surface area contributed by atoms with Crippen molar-refractivity contribution in [2.75, 3.05) is 23.5 Å². The van der Waals surface area contributed by atoms with Crippen LogP contribution in [-0.4, -0.2) is 24.7 Å². The Morgan fingerprint density at radius 2 is 1.74 bits per heavy atom. The Labute approximate surface area is 185 Å². The van der Waals surface area contributed by atoms with Gasteiger partial charge in [-0.3, -0.25) is 4.79 Å². The molecule has 0 unspecified atom stereocenters. The number of nitrogens with one attached hydrogen (secondary N) is 2. The van der Waals surface area contributed by atoms with Crippen LogP contribution in [-0.2, 0) is 9.53 Å². The molecular weight excluding hydrogens is 408 g/mol. The van der Waals surface area contributed by atoms with Crippen molar-refractivity contribution in [2.24, 2.45) is 0 Å². The summed E-state index contributed by atoms with van der Waals surface area (Å²) in [4.78, 5) is 26.3. The third-order valence-electron chi connectivity index (χ3n) is 4.95. The van der Waals surface area contributed by atoms with E-state index in [1.165, 1.54) is 0 Å². The van der Waals surface area contributed by atoms with E-state index in [1.54, 1.807) is 36.9 Å². The molecule has 0 aliphatic carbocycles. The average molecular weight is 431 g/mol. The van der Waals surface area contributed by atoms with Crippen molar-refractivity contribution >= 4 is 46.3 Å². The maximum Gasteiger partial charge on any atom is 0.338 e. The van der Waals surface area contributed by atoms with Crippen LogP contribution in [0.15, 0.2) is 77.7 Å². The number of esters is 1. The molecule has 0 bridgehead atoms. The molecule has 3 aromatic rings. The number of carbonyl (C=O) groups excluding carboxylic acids is 2. The Morgan fingerprint density at radius 1 is 1.00 bits per heavy atom. The normalized spacial score (nSPS) is 13.9. The number of anilines is 2. The van der Waals surface area contributed by atoms with Crippen LogP contribution in [0.4, 0.5) is 11.4 Å². The molecule has 0 atom stereocenters. The monoisotopic (exact) mass is 430 g/mol. The van der Waals surface area contributed by atoms with Gasteiger partial charge >= 0.3 is 5.97 Å². The smallest absolute Gasteiger partial charge is 0.338 e. The third-order valence-corrected chi connectivity index (χ3v) is 5.69. The number of hydrogen-bond donors (Lipinski definition) is 2. The first-order valence-corrected chi connectivity index (χ1v) is 11.2. The minimum absolute atomic E-state index is 0.219. The first-order valence-electron chi connectivity index (χ1n) is 9.94. The zero-order valence-electron chi connectivity index (χ0n) is 17.3. The standard InChI is InChI=1S/C25H22N2O3S/c1-3-30-25(29)17-9-14-20-21(15-17)27-24(28)22(20)23(16-7-5-4-6-8-16)26-18-10-12-19(31-2)13-11-18/h4-15,26H,3H2,1-2H3,(H,27,28)/b23-22-. The van der Waals surface area contributed by atoms with Crippen LogP contribution >= 0.6 is 11.8 Å². The molecular formula is C25H22N2O3S. The molecule has 1 amide bonds. The van der Waals surface area contributed by atoms with Gasteiger partial charge in [0.1, 0.15) is 0 Å². The van der Waals surface area contributed by atoms with Crippen LogP contribution in [0.1, 0.15) is 28.4 Å². The predicted molar refractivity (Wildman–Crippen MR) is 126 cm³/mol. The first kappa shape index (κ1) is 20.8. The second-order valence-electron chi connectivity index (χ2n) is 6.90. The lowest BCUT2D eigenvalue weighted by molar-refractivity contribution is -0.110. The quantitative estimate of drug-likeness (QED) is 0.306. The highest BCUT2D eigenvalue weighted by molar-refractivity contribution is 7.98. The van der Waals surface area contributed by atoms with Crippen LogP contribution in [0, 0.1) is 0 Å². The summed E-state index contributed by atoms with van der Waals surface area (Å²) >= 11 is 1.67. The lowest BCUT2D eigenvalue weighted by atomic mass is 9.99. The van der Waals surface area contributed by atoms with Gasteiger partial charge in [-0.1, -0.05) is 36.4 Å². The van der Waals surface area contributed by atoms with E-state index >= 15 is 0 Å². The van der Waals surface area contributed by atoms with Gasteiger partial charge in [0.15, 0.2) is 0 Å². The molecule has 0 aromatic heterocycles. The molecule has 0 saturated carbocycles. The summed E-state index contributed by atoms with van der Waals surface area (Å²) in [5.41, 5.74) is 4.76. The molecule has 1 heterocycles. The molecule has 0 spiro atoms. The number of fused-ring (bicyclic) bond motifs is 1. The van der Waals surface area contributed by atoms with Gasteiger partial charge in [0, 0.05) is 16.1 Å². The number of hydrogen-bond acceptors (Lipinski definition) is 5.